The van der Waals surface area contributed by atoms with Gasteiger partial charge in [0.05, 0.1) is 5.39 Å². The fraction of sp³-hybridized carbons (Fsp3) is 0.333. The fourth-order valence-corrected chi connectivity index (χ4v) is 5.53. The maximum Gasteiger partial charge on any atom is 0.178 e. The molecular formula is C33H41BN6O2. The number of fused-ring (bicyclic) bond motifs is 1. The van der Waals surface area contributed by atoms with Gasteiger partial charge in [-0.2, -0.15) is 0 Å². The molecule has 1 saturated heterocycles. The van der Waals surface area contributed by atoms with Crippen LogP contribution in [-0.2, 0) is 0 Å². The second-order valence-electron chi connectivity index (χ2n) is 10.7. The molecule has 0 amide bonds. The molecule has 0 aliphatic carbocycles. The first-order chi connectivity index (χ1) is 20.2. The zero-order valence-corrected chi connectivity index (χ0v) is 24.8. The second-order valence-corrected chi connectivity index (χ2v) is 10.7. The molecule has 5 N–H and O–H groups in total. The van der Waals surface area contributed by atoms with Gasteiger partial charge in [-0.05, 0) is 66.5 Å². The number of allylic oxidation sites excluding steroid dienone is 1. The van der Waals surface area contributed by atoms with Crippen LogP contribution in [0.5, 0.6) is 0 Å². The number of nitrogen functional groups attached to an aromatic ring is 1. The molecule has 3 heterocycles. The van der Waals surface area contributed by atoms with E-state index in [1.165, 1.54) is 27.9 Å². The third kappa shape index (κ3) is 7.29. The van der Waals surface area contributed by atoms with E-state index in [0.29, 0.717) is 24.8 Å². The lowest BCUT2D eigenvalue weighted by Crippen LogP contribution is -2.47. The molecule has 42 heavy (non-hydrogen) atoms. The summed E-state index contributed by atoms with van der Waals surface area (Å²) in [5.41, 5.74) is 13.7. The summed E-state index contributed by atoms with van der Waals surface area (Å²) in [6.45, 7) is 11.8. The van der Waals surface area contributed by atoms with Crippen molar-refractivity contribution in [3.8, 4) is 11.1 Å². The zero-order valence-electron chi connectivity index (χ0n) is 24.8. The molecular weight excluding hydrogens is 523 g/mol. The molecule has 5 rings (SSSR count). The number of para-hydroxylation sites is 1. The van der Waals surface area contributed by atoms with Gasteiger partial charge in [0, 0.05) is 42.9 Å². The Bertz CT molecular complexity index is 1510. The zero-order chi connectivity index (χ0) is 30.3. The maximum atomic E-state index is 9.06. The van der Waals surface area contributed by atoms with Gasteiger partial charge >= 0.3 is 0 Å². The van der Waals surface area contributed by atoms with Crippen LogP contribution >= 0.6 is 0 Å². The normalized spacial score (nSPS) is 15.8. The third-order valence-electron chi connectivity index (χ3n) is 7.76. The van der Waals surface area contributed by atoms with Crippen LogP contribution < -0.4 is 10.6 Å². The van der Waals surface area contributed by atoms with E-state index in [1.807, 2.05) is 30.6 Å². The van der Waals surface area contributed by atoms with Crippen LogP contribution in [0.3, 0.4) is 0 Å². The van der Waals surface area contributed by atoms with Crippen molar-refractivity contribution >= 4 is 36.0 Å². The Balaban J connectivity index is 0.000000283. The Morgan fingerprint density at radius 1 is 1.21 bits per heavy atom. The summed E-state index contributed by atoms with van der Waals surface area (Å²) in [4.78, 5) is 15.2. The summed E-state index contributed by atoms with van der Waals surface area (Å²) in [6.07, 6.45) is 11.6. The van der Waals surface area contributed by atoms with Gasteiger partial charge in [0.15, 0.2) is 13.7 Å². The van der Waals surface area contributed by atoms with Gasteiger partial charge in [-0.3, -0.25) is 4.90 Å². The smallest absolute Gasteiger partial charge is 0.178 e. The minimum atomic E-state index is -2.11. The van der Waals surface area contributed by atoms with Crippen LogP contribution in [0.2, 0.25) is 0 Å². The topological polar surface area (TPSA) is 115 Å². The Kier molecular flexibility index (Phi) is 10.2. The largest absolute Gasteiger partial charge is 0.383 e. The number of aromatic nitrogens is 3. The number of hydrogen-bond donors (Lipinski definition) is 4. The van der Waals surface area contributed by atoms with E-state index >= 15 is 0 Å². The van der Waals surface area contributed by atoms with E-state index in [-0.39, 0.29) is 0 Å². The molecule has 1 atom stereocenters. The highest BCUT2D eigenvalue weighted by molar-refractivity contribution is 6.12. The van der Waals surface area contributed by atoms with Crippen LogP contribution in [0.15, 0.2) is 80.0 Å². The second kappa shape index (κ2) is 13.8. The molecule has 9 heteroatoms. The van der Waals surface area contributed by atoms with Crippen LogP contribution in [-0.4, -0.2) is 56.8 Å². The molecule has 1 aliphatic rings. The fourth-order valence-electron chi connectivity index (χ4n) is 5.53. The summed E-state index contributed by atoms with van der Waals surface area (Å²) in [5, 5.41) is 19.0. The van der Waals surface area contributed by atoms with Crippen molar-refractivity contribution in [2.75, 3.05) is 23.7 Å². The van der Waals surface area contributed by atoms with E-state index in [1.54, 1.807) is 0 Å². The summed E-state index contributed by atoms with van der Waals surface area (Å²) in [6, 6.07) is 16.7. The highest BCUT2D eigenvalue weighted by Gasteiger charge is 2.32. The number of nitrogens with zero attached hydrogens (tertiary/aromatic N) is 4. The first kappa shape index (κ1) is 31.0. The molecule has 0 saturated carbocycles. The van der Waals surface area contributed by atoms with Gasteiger partial charge in [-0.15, -0.1) is 0 Å². The number of aliphatic hydroxyl groups is 2. The Labute approximate surface area is 250 Å². The van der Waals surface area contributed by atoms with Crippen LogP contribution in [0, 0.1) is 12.8 Å². The summed E-state index contributed by atoms with van der Waals surface area (Å²) >= 11 is 0. The van der Waals surface area contributed by atoms with E-state index < -0.39 is 5.81 Å². The predicted octanol–water partition coefficient (Wildman–Crippen LogP) is 5.79. The highest BCUT2D eigenvalue weighted by Crippen LogP contribution is 2.34. The van der Waals surface area contributed by atoms with Crippen molar-refractivity contribution in [3.05, 3.63) is 91.2 Å². The lowest BCUT2D eigenvalue weighted by Gasteiger charge is -2.29. The van der Waals surface area contributed by atoms with E-state index in [4.69, 9.17) is 23.8 Å². The molecule has 218 valence electrons. The lowest BCUT2D eigenvalue weighted by molar-refractivity contribution is -0.190. The number of H-pyrrole nitrogens is 1. The molecule has 2 aromatic heterocycles. The van der Waals surface area contributed by atoms with Crippen molar-refractivity contribution in [3.63, 3.8) is 0 Å². The minimum Gasteiger partial charge on any atom is -0.383 e. The SMILES string of the molecule is C=CN(/C=C(/CC)c1ccc(-c2c[nH]c3ncnc(N)c23)cc1C)c1ccccc1.[B]C(O)(O)N1CCC(CCC)C1. The number of nitrogens with two attached hydrogens (primary N) is 1. The average Bonchev–Trinajstić information content (AvgIpc) is 3.64. The molecule has 1 unspecified atom stereocenters. The lowest BCUT2D eigenvalue weighted by atomic mass is 9.95. The number of nitrogens with one attached hydrogen (secondary N) is 1. The van der Waals surface area contributed by atoms with Gasteiger partial charge in [-0.1, -0.05) is 63.2 Å². The van der Waals surface area contributed by atoms with Crippen LogP contribution in [0.25, 0.3) is 27.7 Å². The van der Waals surface area contributed by atoms with E-state index in [0.717, 1.165) is 53.5 Å². The highest BCUT2D eigenvalue weighted by atomic mass is 16.5. The number of likely N-dealkylation sites (tertiary alicyclic amines) is 1. The maximum absolute atomic E-state index is 9.06. The van der Waals surface area contributed by atoms with Crippen molar-refractivity contribution < 1.29 is 10.2 Å². The molecule has 0 spiro atoms. The molecule has 1 aliphatic heterocycles. The van der Waals surface area contributed by atoms with Crippen molar-refractivity contribution in [2.24, 2.45) is 5.92 Å². The van der Waals surface area contributed by atoms with Gasteiger partial charge < -0.3 is 25.8 Å². The summed E-state index contributed by atoms with van der Waals surface area (Å²) in [5.74, 6) is -1.04. The summed E-state index contributed by atoms with van der Waals surface area (Å²) in [7, 11) is 5.14. The third-order valence-corrected chi connectivity index (χ3v) is 7.76. The number of anilines is 2. The molecule has 8 nitrogen and oxygen atoms in total. The van der Waals surface area contributed by atoms with Gasteiger partial charge in [0.25, 0.3) is 0 Å². The van der Waals surface area contributed by atoms with Crippen molar-refractivity contribution in [2.45, 2.75) is 52.3 Å². The first-order valence-corrected chi connectivity index (χ1v) is 14.5. The van der Waals surface area contributed by atoms with E-state index in [2.05, 4.69) is 83.7 Å². The van der Waals surface area contributed by atoms with Gasteiger partial charge in [0.2, 0.25) is 0 Å². The average molecular weight is 565 g/mol. The molecule has 4 aromatic rings. The Morgan fingerprint density at radius 2 is 1.98 bits per heavy atom. The number of aromatic amines is 1. The van der Waals surface area contributed by atoms with Crippen LogP contribution in [0.4, 0.5) is 11.5 Å². The molecule has 2 aromatic carbocycles. The minimum absolute atomic E-state index is 0.483. The van der Waals surface area contributed by atoms with Gasteiger partial charge in [0.1, 0.15) is 17.8 Å². The monoisotopic (exact) mass is 564 g/mol. The quantitative estimate of drug-likeness (QED) is 0.150. The number of rotatable bonds is 9. The van der Waals surface area contributed by atoms with Crippen molar-refractivity contribution in [1.82, 2.24) is 19.9 Å². The molecule has 1 fully saturated rings. The number of aryl methyl sites for hydroxylation is 1. The van der Waals surface area contributed by atoms with Crippen LogP contribution in [0.1, 0.15) is 50.7 Å². The predicted molar refractivity (Wildman–Crippen MR) is 173 cm³/mol. The standard InChI is InChI=1S/C25H25N5.C8H16BNO2/c1-4-18(15-30(5-2)20-9-7-6-8-10-20)21-12-11-19(13-17(21)3)22-14-27-25-23(22)24(26)28-16-29-25;1-2-3-7-4-5-10(6-7)8(9,11)12/h5-16H,2,4H2,1,3H3,(H3,26,27,28,29);7,11-12H,2-6H2,1H3/b18-15-;. The molecule has 0 bridgehead atoms. The Hall–Kier alpha value is -3.92. The Morgan fingerprint density at radius 3 is 2.60 bits per heavy atom. The van der Waals surface area contributed by atoms with Crippen molar-refractivity contribution in [1.29, 1.82) is 0 Å². The summed E-state index contributed by atoms with van der Waals surface area (Å²) < 4.78 is 0. The van der Waals surface area contributed by atoms with E-state index in [9.17, 15) is 0 Å². The number of hydrogen-bond acceptors (Lipinski definition) is 7. The number of benzene rings is 2. The molecule has 2 radical (unpaired) electrons. The first-order valence-electron chi connectivity index (χ1n) is 14.5. The van der Waals surface area contributed by atoms with Gasteiger partial charge in [-0.25, -0.2) is 9.97 Å².